The second-order valence-electron chi connectivity index (χ2n) is 5.06. The van der Waals surface area contributed by atoms with E-state index in [2.05, 4.69) is 4.74 Å². The van der Waals surface area contributed by atoms with Crippen molar-refractivity contribution in [3.05, 3.63) is 0 Å². The molecular formula is C13H24O3. The summed E-state index contributed by atoms with van der Waals surface area (Å²) in [6, 6.07) is 0. The summed E-state index contributed by atoms with van der Waals surface area (Å²) >= 11 is 0. The fourth-order valence-corrected chi connectivity index (χ4v) is 2.48. The smallest absolute Gasteiger partial charge is 0.305 e. The first-order valence-electron chi connectivity index (χ1n) is 6.38. The highest BCUT2D eigenvalue weighted by atomic mass is 16.5. The van der Waals surface area contributed by atoms with Crippen LogP contribution in [0.5, 0.6) is 0 Å². The van der Waals surface area contributed by atoms with Crippen LogP contribution in [0.3, 0.4) is 0 Å². The first-order valence-corrected chi connectivity index (χ1v) is 6.38. The van der Waals surface area contributed by atoms with Crippen LogP contribution in [-0.4, -0.2) is 24.3 Å². The van der Waals surface area contributed by atoms with Crippen LogP contribution < -0.4 is 0 Å². The Hall–Kier alpha value is -0.570. The van der Waals surface area contributed by atoms with E-state index < -0.39 is 0 Å². The van der Waals surface area contributed by atoms with Crippen molar-refractivity contribution in [3.63, 3.8) is 0 Å². The Morgan fingerprint density at radius 2 is 2.00 bits per heavy atom. The average Bonchev–Trinajstić information content (AvgIpc) is 2.30. The lowest BCUT2D eigenvalue weighted by atomic mass is 9.82. The molecule has 0 aromatic heterocycles. The van der Waals surface area contributed by atoms with Gasteiger partial charge in [-0.1, -0.05) is 39.0 Å². The maximum Gasteiger partial charge on any atom is 0.305 e. The Morgan fingerprint density at radius 3 is 2.56 bits per heavy atom. The highest BCUT2D eigenvalue weighted by Gasteiger charge is 2.23. The number of esters is 1. The van der Waals surface area contributed by atoms with E-state index in [1.165, 1.54) is 39.2 Å². The van der Waals surface area contributed by atoms with Crippen LogP contribution in [0.15, 0.2) is 0 Å². The van der Waals surface area contributed by atoms with E-state index in [4.69, 9.17) is 0 Å². The molecule has 0 radical (unpaired) electrons. The molecule has 1 aliphatic carbocycles. The van der Waals surface area contributed by atoms with Crippen LogP contribution in [0.4, 0.5) is 0 Å². The van der Waals surface area contributed by atoms with Crippen LogP contribution in [0.2, 0.25) is 0 Å². The Kier molecular flexibility index (Phi) is 5.81. The van der Waals surface area contributed by atoms with Crippen LogP contribution in [0, 0.1) is 11.8 Å². The molecule has 1 saturated carbocycles. The molecule has 0 spiro atoms. The van der Waals surface area contributed by atoms with Gasteiger partial charge in [-0.25, -0.2) is 0 Å². The van der Waals surface area contributed by atoms with Gasteiger partial charge in [0.1, 0.15) is 0 Å². The quantitative estimate of drug-likeness (QED) is 0.735. The van der Waals surface area contributed by atoms with E-state index in [0.717, 1.165) is 6.42 Å². The molecule has 0 amide bonds. The summed E-state index contributed by atoms with van der Waals surface area (Å²) in [5.74, 6) is 0.438. The molecule has 3 heteroatoms. The molecule has 0 aromatic rings. The summed E-state index contributed by atoms with van der Waals surface area (Å²) in [4.78, 5) is 11.1. The molecule has 1 rings (SSSR count). The molecule has 0 heterocycles. The van der Waals surface area contributed by atoms with Gasteiger partial charge >= 0.3 is 5.97 Å². The van der Waals surface area contributed by atoms with Crippen molar-refractivity contribution in [2.24, 2.45) is 11.8 Å². The van der Waals surface area contributed by atoms with Crippen molar-refractivity contribution in [2.75, 3.05) is 7.11 Å². The minimum absolute atomic E-state index is 0.00868. The molecule has 0 aliphatic heterocycles. The van der Waals surface area contributed by atoms with Crippen LogP contribution in [0.25, 0.3) is 0 Å². The summed E-state index contributed by atoms with van der Waals surface area (Å²) in [6.45, 7) is 1.92. The third-order valence-electron chi connectivity index (χ3n) is 3.67. The fourth-order valence-electron chi connectivity index (χ4n) is 2.48. The predicted octanol–water partition coefficient (Wildman–Crippen LogP) is 2.52. The second-order valence-corrected chi connectivity index (χ2v) is 5.06. The molecule has 3 nitrogen and oxygen atoms in total. The molecule has 0 aromatic carbocycles. The molecule has 1 aliphatic rings. The molecule has 0 saturated heterocycles. The molecule has 2 atom stereocenters. The van der Waals surface area contributed by atoms with Gasteiger partial charge in [-0.05, 0) is 18.3 Å². The zero-order chi connectivity index (χ0) is 12.0. The Bertz CT molecular complexity index is 209. The van der Waals surface area contributed by atoms with Crippen molar-refractivity contribution in [1.82, 2.24) is 0 Å². The highest BCUT2D eigenvalue weighted by Crippen LogP contribution is 2.29. The van der Waals surface area contributed by atoms with Gasteiger partial charge in [0, 0.05) is 0 Å². The van der Waals surface area contributed by atoms with Gasteiger partial charge in [0.25, 0.3) is 0 Å². The van der Waals surface area contributed by atoms with E-state index in [-0.39, 0.29) is 18.0 Å². The van der Waals surface area contributed by atoms with E-state index in [1.54, 1.807) is 0 Å². The lowest BCUT2D eigenvalue weighted by Gasteiger charge is -2.26. The van der Waals surface area contributed by atoms with Crippen LogP contribution in [-0.2, 0) is 9.53 Å². The monoisotopic (exact) mass is 228 g/mol. The molecule has 1 fully saturated rings. The summed E-state index contributed by atoms with van der Waals surface area (Å²) in [5.41, 5.74) is 0. The van der Waals surface area contributed by atoms with Gasteiger partial charge in [0.05, 0.1) is 19.6 Å². The normalized spacial score (nSPS) is 21.4. The van der Waals surface area contributed by atoms with Gasteiger partial charge in [0.2, 0.25) is 0 Å². The SMILES string of the molecule is COC(=O)CC(C)C(O)CC1CCCCC1. The molecule has 2 unspecified atom stereocenters. The summed E-state index contributed by atoms with van der Waals surface area (Å²) in [5, 5.41) is 10.0. The zero-order valence-corrected chi connectivity index (χ0v) is 10.4. The molecule has 1 N–H and O–H groups in total. The van der Waals surface area contributed by atoms with Crippen molar-refractivity contribution in [1.29, 1.82) is 0 Å². The standard InChI is InChI=1S/C13H24O3/c1-10(8-13(15)16-2)12(14)9-11-6-4-3-5-7-11/h10-12,14H,3-9H2,1-2H3. The van der Waals surface area contributed by atoms with Crippen molar-refractivity contribution in [2.45, 2.75) is 58.0 Å². The second kappa shape index (κ2) is 6.89. The number of ether oxygens (including phenoxy) is 1. The third-order valence-corrected chi connectivity index (χ3v) is 3.67. The Labute approximate surface area is 98.2 Å². The number of aliphatic hydroxyl groups excluding tert-OH is 1. The minimum Gasteiger partial charge on any atom is -0.469 e. The van der Waals surface area contributed by atoms with Crippen LogP contribution in [0.1, 0.15) is 51.9 Å². The van der Waals surface area contributed by atoms with Crippen LogP contribution >= 0.6 is 0 Å². The highest BCUT2D eigenvalue weighted by molar-refractivity contribution is 5.69. The minimum atomic E-state index is -0.359. The predicted molar refractivity (Wildman–Crippen MR) is 63.0 cm³/mol. The number of carbonyl (C=O) groups is 1. The Morgan fingerprint density at radius 1 is 1.38 bits per heavy atom. The van der Waals surface area contributed by atoms with E-state index >= 15 is 0 Å². The maximum absolute atomic E-state index is 11.1. The number of rotatable bonds is 5. The fraction of sp³-hybridized carbons (Fsp3) is 0.923. The molecule has 0 bridgehead atoms. The lowest BCUT2D eigenvalue weighted by Crippen LogP contribution is -2.25. The topological polar surface area (TPSA) is 46.5 Å². The van der Waals surface area contributed by atoms with Gasteiger partial charge in [0.15, 0.2) is 0 Å². The summed E-state index contributed by atoms with van der Waals surface area (Å²) in [6.07, 6.45) is 7.21. The Balaban J connectivity index is 2.26. The van der Waals surface area contributed by atoms with E-state index in [9.17, 15) is 9.90 Å². The first kappa shape index (κ1) is 13.5. The maximum atomic E-state index is 11.1. The zero-order valence-electron chi connectivity index (χ0n) is 10.4. The summed E-state index contributed by atoms with van der Waals surface area (Å²) < 4.78 is 4.61. The number of hydrogen-bond donors (Lipinski definition) is 1. The van der Waals surface area contributed by atoms with Crippen molar-refractivity contribution in [3.8, 4) is 0 Å². The van der Waals surface area contributed by atoms with Gasteiger partial charge in [-0.2, -0.15) is 0 Å². The number of hydrogen-bond acceptors (Lipinski definition) is 3. The first-order chi connectivity index (χ1) is 7.63. The van der Waals surface area contributed by atoms with E-state index in [1.807, 2.05) is 6.92 Å². The molecule has 16 heavy (non-hydrogen) atoms. The molecule has 94 valence electrons. The van der Waals surface area contributed by atoms with Gasteiger partial charge in [-0.3, -0.25) is 4.79 Å². The number of aliphatic hydroxyl groups is 1. The largest absolute Gasteiger partial charge is 0.469 e. The number of methoxy groups -OCH3 is 1. The van der Waals surface area contributed by atoms with Crippen molar-refractivity contribution < 1.29 is 14.6 Å². The average molecular weight is 228 g/mol. The van der Waals surface area contributed by atoms with Gasteiger partial charge in [-0.15, -0.1) is 0 Å². The van der Waals surface area contributed by atoms with Gasteiger partial charge < -0.3 is 9.84 Å². The molecular weight excluding hydrogens is 204 g/mol. The lowest BCUT2D eigenvalue weighted by molar-refractivity contribution is -0.142. The van der Waals surface area contributed by atoms with E-state index in [0.29, 0.717) is 12.3 Å². The number of carbonyl (C=O) groups excluding carboxylic acids is 1. The third kappa shape index (κ3) is 4.52. The summed E-state index contributed by atoms with van der Waals surface area (Å²) in [7, 11) is 1.39. The van der Waals surface area contributed by atoms with Crippen molar-refractivity contribution >= 4 is 5.97 Å².